The zero-order valence-corrected chi connectivity index (χ0v) is 77.4. The molecule has 3 N–H and O–H groups in total. The first-order valence-corrected chi connectivity index (χ1v) is 47.2. The van der Waals surface area contributed by atoms with E-state index >= 15 is 0 Å². The molecule has 6 amide bonds. The summed E-state index contributed by atoms with van der Waals surface area (Å²) in [6, 6.07) is 21.8. The number of sulfone groups is 2. The third-order valence-electron chi connectivity index (χ3n) is 25.1. The Morgan fingerprint density at radius 3 is 0.816 bits per heavy atom. The summed E-state index contributed by atoms with van der Waals surface area (Å²) in [6.07, 6.45) is -7.48. The van der Waals surface area contributed by atoms with Gasteiger partial charge in [0.1, 0.15) is 0 Å². The molecule has 0 bridgehead atoms. The number of benzene rings is 6. The summed E-state index contributed by atoms with van der Waals surface area (Å²) in [4.78, 5) is 84.0. The van der Waals surface area contributed by atoms with Crippen molar-refractivity contribution in [3.63, 3.8) is 0 Å². The molecule has 41 heteroatoms. The molecular formula is C84H90Cl9F9N6O14S3. The third-order valence-corrected chi connectivity index (χ3v) is 33.7. The zero-order valence-electron chi connectivity index (χ0n) is 68.1. The van der Waals surface area contributed by atoms with Crippen molar-refractivity contribution in [2.75, 3.05) is 81.6 Å². The van der Waals surface area contributed by atoms with Crippen LogP contribution in [0, 0.1) is 16.2 Å². The highest BCUT2D eigenvalue weighted by Gasteiger charge is 2.66. The molecule has 12 rings (SSSR count). The minimum Gasteiger partial charge on any atom is -0.368 e. The van der Waals surface area contributed by atoms with Crippen molar-refractivity contribution in [1.82, 2.24) is 29.4 Å². The predicted molar refractivity (Wildman–Crippen MR) is 460 cm³/mol. The van der Waals surface area contributed by atoms with E-state index in [9.17, 15) is 105 Å². The Hall–Kier alpha value is -5.95. The van der Waals surface area contributed by atoms with Crippen LogP contribution < -0.4 is 0 Å². The van der Waals surface area contributed by atoms with Crippen molar-refractivity contribution in [3.8, 4) is 0 Å². The summed E-state index contributed by atoms with van der Waals surface area (Å²) in [5.41, 5.74) is -13.8. The monoisotopic (exact) mass is 1990 g/mol. The fourth-order valence-electron chi connectivity index (χ4n) is 17.5. The van der Waals surface area contributed by atoms with Crippen molar-refractivity contribution in [2.24, 2.45) is 16.2 Å². The Balaban J connectivity index is 0.000000196. The molecule has 3 saturated heterocycles. The molecule has 125 heavy (non-hydrogen) atoms. The molecule has 3 spiro atoms. The van der Waals surface area contributed by atoms with Gasteiger partial charge in [0.25, 0.3) is 52.2 Å². The van der Waals surface area contributed by atoms with Crippen LogP contribution in [0.5, 0.6) is 0 Å². The van der Waals surface area contributed by atoms with Gasteiger partial charge in [0.05, 0.1) is 62.8 Å². The predicted octanol–water partition coefficient (Wildman–Crippen LogP) is 18.7. The van der Waals surface area contributed by atoms with Gasteiger partial charge in [-0.1, -0.05) is 104 Å². The van der Waals surface area contributed by atoms with E-state index in [1.165, 1.54) is 69.3 Å². The molecule has 20 nitrogen and oxygen atoms in total. The van der Waals surface area contributed by atoms with Crippen LogP contribution >= 0.6 is 104 Å². The quantitative estimate of drug-likeness (QED) is 0.0807. The molecular weight excluding hydrogens is 1900 g/mol. The van der Waals surface area contributed by atoms with E-state index in [0.717, 1.165) is 51.1 Å². The van der Waals surface area contributed by atoms with Gasteiger partial charge in [0.2, 0.25) is 0 Å². The number of aliphatic hydroxyl groups is 3. The molecule has 4 atom stereocenters. The van der Waals surface area contributed by atoms with E-state index in [-0.39, 0.29) is 145 Å². The lowest BCUT2D eigenvalue weighted by molar-refractivity contribution is -0.263. The lowest BCUT2D eigenvalue weighted by Gasteiger charge is -2.47. The van der Waals surface area contributed by atoms with Crippen molar-refractivity contribution < 1.29 is 105 Å². The number of piperidine rings is 3. The molecule has 1 unspecified atom stereocenters. The molecule has 3 aliphatic carbocycles. The van der Waals surface area contributed by atoms with Crippen molar-refractivity contribution in [3.05, 3.63) is 188 Å². The van der Waals surface area contributed by atoms with Crippen LogP contribution in [0.3, 0.4) is 0 Å². The number of carbonyl (C=O) groups excluding carboxylic acids is 6. The second-order valence-corrected chi connectivity index (χ2v) is 43.5. The minimum absolute atomic E-state index is 0.0247. The average Bonchev–Trinajstić information content (AvgIpc) is 0.748. The number of likely N-dealkylation sites (tertiary alicyclic amines) is 3. The Morgan fingerprint density at radius 1 is 0.360 bits per heavy atom. The van der Waals surface area contributed by atoms with Gasteiger partial charge in [0.15, 0.2) is 19.7 Å². The number of carbonyl (C=O) groups is 6. The van der Waals surface area contributed by atoms with Gasteiger partial charge in [-0.05, 0) is 241 Å². The Bertz CT molecular complexity index is 5070. The average molecular weight is 1990 g/mol. The Morgan fingerprint density at radius 2 is 0.592 bits per heavy atom. The number of nitrogens with zero attached hydrogens (tertiary/aromatic N) is 6. The first-order chi connectivity index (χ1) is 57.9. The first-order valence-electron chi connectivity index (χ1n) is 39.5. The van der Waals surface area contributed by atoms with Crippen molar-refractivity contribution >= 4 is 170 Å². The number of amides is 6. The van der Waals surface area contributed by atoms with Crippen molar-refractivity contribution in [2.45, 2.75) is 181 Å². The number of hydrogen-bond acceptors (Lipinski definition) is 14. The van der Waals surface area contributed by atoms with E-state index < -0.39 is 111 Å². The molecule has 6 aromatic rings. The van der Waals surface area contributed by atoms with Crippen LogP contribution in [0.15, 0.2) is 124 Å². The third kappa shape index (κ3) is 21.5. The van der Waals surface area contributed by atoms with Crippen LogP contribution in [-0.2, 0) is 61.7 Å². The molecule has 0 radical (unpaired) electrons. The van der Waals surface area contributed by atoms with Gasteiger partial charge in [0, 0.05) is 139 Å². The van der Waals surface area contributed by atoms with Gasteiger partial charge in [-0.15, -0.1) is 0 Å². The maximum atomic E-state index is 14.2. The van der Waals surface area contributed by atoms with Crippen LogP contribution in [0.25, 0.3) is 0 Å². The summed E-state index contributed by atoms with van der Waals surface area (Å²) in [7, 11) is 0.635. The van der Waals surface area contributed by atoms with E-state index in [4.69, 9.17) is 104 Å². The van der Waals surface area contributed by atoms with Crippen LogP contribution in [0.1, 0.15) is 163 Å². The minimum atomic E-state index is -5.33. The molecule has 6 fully saturated rings. The lowest BCUT2D eigenvalue weighted by atomic mass is 9.68. The maximum Gasteiger partial charge on any atom is 0.430 e. The topological polar surface area (TPSA) is 268 Å². The van der Waals surface area contributed by atoms with E-state index in [1.54, 1.807) is 60.5 Å². The van der Waals surface area contributed by atoms with Crippen molar-refractivity contribution in [1.29, 1.82) is 0 Å². The normalized spacial score (nSPS) is 20.5. The fraction of sp³-hybridized carbons (Fsp3) is 0.500. The highest BCUT2D eigenvalue weighted by molar-refractivity contribution is 7.92. The zero-order chi connectivity index (χ0) is 92.8. The second-order valence-electron chi connectivity index (χ2n) is 33.5. The molecule has 684 valence electrons. The van der Waals surface area contributed by atoms with Crippen LogP contribution in [0.2, 0.25) is 45.2 Å². The number of hydrogen-bond donors (Lipinski definition) is 3. The second kappa shape index (κ2) is 38.8. The summed E-state index contributed by atoms with van der Waals surface area (Å²) in [5.74, 6) is -5.42. The number of rotatable bonds is 15. The van der Waals surface area contributed by atoms with Crippen LogP contribution in [-0.4, -0.2) is 217 Å². The maximum absolute atomic E-state index is 14.2. The van der Waals surface area contributed by atoms with Crippen LogP contribution in [0.4, 0.5) is 39.5 Å². The molecule has 3 aliphatic heterocycles. The molecule has 0 aromatic heterocycles. The summed E-state index contributed by atoms with van der Waals surface area (Å²) in [5, 5.41) is 30.3. The SMILES string of the molecule is CN(C)C(=O)c1ccc(S(=O)(=O)C2CCC3(CC2)CCN(C(=O)[C@](O)(c2cc(Cl)cc(Cl)c2)C(F)(F)F)CC3)cc1Cl.CN(C)C(=O)c1ccc(S(=O)(=O)C2CCC3(CC2)CCN(C(=O)[C@](O)(c2cc(Cl)cc(Cl)c2)C(F)(F)F)CC3)cc1Cl.CN(C)C(=O)c1ccc(S(=O)C2CCC3(CC2)CCN(C(=O)[C@](O)(c2cc(Cl)cc(Cl)c2)C(F)(F)F)CC3)cc1Cl. The van der Waals surface area contributed by atoms with E-state index in [2.05, 4.69) is 0 Å². The standard InChI is InChI=1S/2C28H30Cl3F3N2O5S.C28H30Cl3F3N2O4S/c2*1-35(2)24(37)22-4-3-21(16-23(22)31)42(40,41)20-5-7-26(8-6-20)9-11-36(12-10-26)25(38)27(39,28(32,33)34)17-13-18(29)15-19(30)14-17;1-35(2)24(37)22-4-3-21(16-23(22)31)41(40)20-5-7-26(8-6-20)9-11-36(12-10-26)25(38)27(39,28(32,33)34)17-13-18(29)15-19(30)14-17/h2*3-4,13-16,20,39H,5-12H2,1-2H3;3-4,13-16,20,39H,5-12H2,1-2H3/t2*27-;27-,41?/m111/s1. The molecule has 3 saturated carbocycles. The molecule has 6 aliphatic rings. The van der Waals surface area contributed by atoms with Gasteiger partial charge in [-0.3, -0.25) is 33.0 Å². The lowest BCUT2D eigenvalue weighted by Crippen LogP contribution is -2.58. The van der Waals surface area contributed by atoms with Gasteiger partial charge >= 0.3 is 18.5 Å². The summed E-state index contributed by atoms with van der Waals surface area (Å²) in [6.45, 7) is -0.00779. The highest BCUT2D eigenvalue weighted by atomic mass is 35.5. The van der Waals surface area contributed by atoms with E-state index in [0.29, 0.717) is 126 Å². The largest absolute Gasteiger partial charge is 0.430 e. The van der Waals surface area contributed by atoms with Gasteiger partial charge < -0.3 is 44.7 Å². The molecule has 6 aromatic carbocycles. The van der Waals surface area contributed by atoms with Gasteiger partial charge in [-0.2, -0.15) is 39.5 Å². The van der Waals surface area contributed by atoms with Gasteiger partial charge in [-0.25, -0.2) is 16.8 Å². The Kier molecular flexibility index (Phi) is 31.4. The fourth-order valence-corrected chi connectivity index (χ4v) is 25.1. The molecule has 3 heterocycles. The summed E-state index contributed by atoms with van der Waals surface area (Å²) >= 11 is 54.0. The number of alkyl halides is 9. The van der Waals surface area contributed by atoms with E-state index in [1.807, 2.05) is 0 Å². The number of halogens is 18. The first kappa shape index (κ1) is 101. The smallest absolute Gasteiger partial charge is 0.368 e. The summed E-state index contributed by atoms with van der Waals surface area (Å²) < 4.78 is 194. The Labute approximate surface area is 765 Å². The highest BCUT2D eigenvalue weighted by Crippen LogP contribution is 2.54.